The fourth-order valence-corrected chi connectivity index (χ4v) is 3.17. The van der Waals surface area contributed by atoms with Gasteiger partial charge in [0.05, 0.1) is 23.0 Å². The van der Waals surface area contributed by atoms with Gasteiger partial charge in [0.1, 0.15) is 23.0 Å². The van der Waals surface area contributed by atoms with Crippen molar-refractivity contribution in [3.8, 4) is 5.75 Å². The van der Waals surface area contributed by atoms with Crippen LogP contribution in [0, 0.1) is 5.82 Å². The predicted octanol–water partition coefficient (Wildman–Crippen LogP) is 4.04. The Balaban J connectivity index is 1.67. The summed E-state index contributed by atoms with van der Waals surface area (Å²) < 4.78 is 21.1. The van der Waals surface area contributed by atoms with Gasteiger partial charge in [-0.1, -0.05) is 30.9 Å². The third kappa shape index (κ3) is 3.50. The van der Waals surface area contributed by atoms with E-state index in [0.29, 0.717) is 29.1 Å². The van der Waals surface area contributed by atoms with E-state index in [1.165, 1.54) is 18.2 Å². The van der Waals surface area contributed by atoms with Gasteiger partial charge < -0.3 is 15.2 Å². The summed E-state index contributed by atoms with van der Waals surface area (Å²) in [6, 6.07) is 10.6. The SMILES string of the molecule is C=C/C=C(\O)CNC(=O)c1ccc2[nH]nc(C3=CCc4ccccc4O3)c2c1F. The van der Waals surface area contributed by atoms with E-state index in [9.17, 15) is 9.90 Å². The van der Waals surface area contributed by atoms with Crippen molar-refractivity contribution in [1.29, 1.82) is 0 Å². The number of carbonyl (C=O) groups is 1. The molecule has 29 heavy (non-hydrogen) atoms. The number of rotatable bonds is 5. The van der Waals surface area contributed by atoms with E-state index in [1.54, 1.807) is 6.07 Å². The van der Waals surface area contributed by atoms with Crippen LogP contribution < -0.4 is 10.1 Å². The highest BCUT2D eigenvalue weighted by atomic mass is 19.1. The van der Waals surface area contributed by atoms with Crippen molar-refractivity contribution in [3.05, 3.63) is 89.6 Å². The number of halogens is 1. The lowest BCUT2D eigenvalue weighted by Gasteiger charge is -2.17. The van der Waals surface area contributed by atoms with Crippen LogP contribution >= 0.6 is 0 Å². The molecule has 1 aliphatic heterocycles. The first-order valence-corrected chi connectivity index (χ1v) is 9.00. The topological polar surface area (TPSA) is 87.2 Å². The largest absolute Gasteiger partial charge is 0.510 e. The summed E-state index contributed by atoms with van der Waals surface area (Å²) >= 11 is 0. The monoisotopic (exact) mass is 391 g/mol. The maximum absolute atomic E-state index is 15.2. The Morgan fingerprint density at radius 1 is 1.34 bits per heavy atom. The first-order valence-electron chi connectivity index (χ1n) is 9.00. The van der Waals surface area contributed by atoms with Crippen molar-refractivity contribution >= 4 is 22.6 Å². The number of aliphatic hydroxyl groups is 1. The van der Waals surface area contributed by atoms with Gasteiger partial charge in [0.25, 0.3) is 5.91 Å². The number of amides is 1. The van der Waals surface area contributed by atoms with Crippen LogP contribution in [-0.4, -0.2) is 27.8 Å². The first kappa shape index (κ1) is 18.5. The van der Waals surface area contributed by atoms with Crippen molar-refractivity contribution in [2.45, 2.75) is 6.42 Å². The number of para-hydroxylation sites is 1. The van der Waals surface area contributed by atoms with Crippen molar-refractivity contribution in [2.24, 2.45) is 0 Å². The van der Waals surface area contributed by atoms with Gasteiger partial charge in [-0.15, -0.1) is 0 Å². The summed E-state index contributed by atoms with van der Waals surface area (Å²) in [5.74, 6) is -0.320. The molecule has 0 unspecified atom stereocenters. The van der Waals surface area contributed by atoms with Crippen LogP contribution in [0.4, 0.5) is 4.39 Å². The highest BCUT2D eigenvalue weighted by Gasteiger charge is 2.23. The number of hydrogen-bond acceptors (Lipinski definition) is 4. The molecular formula is C22H18FN3O3. The summed E-state index contributed by atoms with van der Waals surface area (Å²) in [7, 11) is 0. The van der Waals surface area contributed by atoms with Crippen LogP contribution in [0.15, 0.2) is 67.0 Å². The Labute approximate surface area is 166 Å². The van der Waals surface area contributed by atoms with Gasteiger partial charge in [-0.25, -0.2) is 4.39 Å². The Kier molecular flexibility index (Phi) is 4.87. The molecule has 0 aliphatic carbocycles. The summed E-state index contributed by atoms with van der Waals surface area (Å²) in [6.45, 7) is 3.33. The molecular weight excluding hydrogens is 373 g/mol. The van der Waals surface area contributed by atoms with Crippen LogP contribution in [0.1, 0.15) is 21.6 Å². The zero-order valence-corrected chi connectivity index (χ0v) is 15.4. The molecule has 0 radical (unpaired) electrons. The second kappa shape index (κ2) is 7.63. The fraction of sp³-hybridized carbons (Fsp3) is 0.0909. The van der Waals surface area contributed by atoms with E-state index >= 15 is 4.39 Å². The Bertz CT molecular complexity index is 1180. The number of aromatic amines is 1. The highest BCUT2D eigenvalue weighted by molar-refractivity contribution is 6.00. The van der Waals surface area contributed by atoms with Crippen LogP contribution in [0.3, 0.4) is 0 Å². The van der Waals surface area contributed by atoms with Gasteiger partial charge in [-0.05, 0) is 42.3 Å². The molecule has 0 bridgehead atoms. The second-order valence-corrected chi connectivity index (χ2v) is 6.48. The lowest BCUT2D eigenvalue weighted by molar-refractivity contribution is 0.0948. The number of H-pyrrole nitrogens is 1. The Morgan fingerprint density at radius 3 is 3.00 bits per heavy atom. The van der Waals surface area contributed by atoms with Crippen molar-refractivity contribution in [1.82, 2.24) is 15.5 Å². The fourth-order valence-electron chi connectivity index (χ4n) is 3.17. The van der Waals surface area contributed by atoms with Crippen molar-refractivity contribution < 1.29 is 19.0 Å². The average molecular weight is 391 g/mol. The second-order valence-electron chi connectivity index (χ2n) is 6.48. The van der Waals surface area contributed by atoms with E-state index in [1.807, 2.05) is 30.3 Å². The zero-order chi connectivity index (χ0) is 20.4. The number of allylic oxidation sites excluding steroid dienone is 3. The highest BCUT2D eigenvalue weighted by Crippen LogP contribution is 2.33. The number of aliphatic hydroxyl groups excluding tert-OH is 1. The van der Waals surface area contributed by atoms with Crippen LogP contribution in [0.2, 0.25) is 0 Å². The molecule has 4 rings (SSSR count). The number of hydrogen-bond donors (Lipinski definition) is 3. The minimum atomic E-state index is -0.709. The Morgan fingerprint density at radius 2 is 2.17 bits per heavy atom. The van der Waals surface area contributed by atoms with Gasteiger partial charge in [-0.3, -0.25) is 9.89 Å². The van der Waals surface area contributed by atoms with Gasteiger partial charge in [-0.2, -0.15) is 5.10 Å². The molecule has 146 valence electrons. The molecule has 1 aromatic heterocycles. The van der Waals surface area contributed by atoms with Crippen LogP contribution in [-0.2, 0) is 6.42 Å². The number of benzene rings is 2. The van der Waals surface area contributed by atoms with E-state index in [0.717, 1.165) is 5.56 Å². The van der Waals surface area contributed by atoms with Gasteiger partial charge in [0.15, 0.2) is 5.76 Å². The van der Waals surface area contributed by atoms with E-state index < -0.39 is 11.7 Å². The number of nitrogens with one attached hydrogen (secondary N) is 2. The molecule has 0 atom stereocenters. The number of carbonyl (C=O) groups excluding carboxylic acids is 1. The first-order chi connectivity index (χ1) is 14.1. The summed E-state index contributed by atoms with van der Waals surface area (Å²) in [6.07, 6.45) is 5.21. The summed E-state index contributed by atoms with van der Waals surface area (Å²) in [4.78, 5) is 12.4. The van der Waals surface area contributed by atoms with Gasteiger partial charge in [0, 0.05) is 0 Å². The van der Waals surface area contributed by atoms with E-state index in [-0.39, 0.29) is 23.3 Å². The predicted molar refractivity (Wildman–Crippen MR) is 108 cm³/mol. The van der Waals surface area contributed by atoms with Crippen LogP contribution in [0.25, 0.3) is 16.7 Å². The molecule has 1 amide bonds. The average Bonchev–Trinajstić information content (AvgIpc) is 3.17. The third-order valence-electron chi connectivity index (χ3n) is 4.59. The number of aromatic nitrogens is 2. The molecule has 3 N–H and O–H groups in total. The minimum absolute atomic E-state index is 0.0849. The van der Waals surface area contributed by atoms with Gasteiger partial charge in [0.2, 0.25) is 0 Å². The number of nitrogens with zero attached hydrogens (tertiary/aromatic N) is 1. The molecule has 6 nitrogen and oxygen atoms in total. The van der Waals surface area contributed by atoms with Crippen LogP contribution in [0.5, 0.6) is 5.75 Å². The molecule has 2 heterocycles. The summed E-state index contributed by atoms with van der Waals surface area (Å²) in [5.41, 5.74) is 1.63. The quantitative estimate of drug-likeness (QED) is 0.453. The number of fused-ring (bicyclic) bond motifs is 2. The normalized spacial score (nSPS) is 13.4. The molecule has 7 heteroatoms. The minimum Gasteiger partial charge on any atom is -0.510 e. The maximum Gasteiger partial charge on any atom is 0.254 e. The molecule has 1 aliphatic rings. The molecule has 0 saturated heterocycles. The number of ether oxygens (including phenoxy) is 1. The van der Waals surface area contributed by atoms with E-state index in [2.05, 4.69) is 22.1 Å². The molecule has 3 aromatic rings. The standard InChI is InChI=1S/C22H18FN3O3/c1-2-5-14(27)12-24-22(28)15-9-10-16-19(20(15)23)21(26-25-16)18-11-8-13-6-3-4-7-17(13)29-18/h2-7,9-11,27H,1,8,12H2,(H,24,28)(H,25,26)/b14-5-. The summed E-state index contributed by atoms with van der Waals surface area (Å²) in [5, 5.41) is 19.2. The van der Waals surface area contributed by atoms with Crippen molar-refractivity contribution in [2.75, 3.05) is 6.54 Å². The third-order valence-corrected chi connectivity index (χ3v) is 4.59. The molecule has 2 aromatic carbocycles. The Hall–Kier alpha value is -3.87. The van der Waals surface area contributed by atoms with Gasteiger partial charge >= 0.3 is 0 Å². The molecule has 0 saturated carbocycles. The maximum atomic E-state index is 15.2. The molecule has 0 fully saturated rings. The zero-order valence-electron chi connectivity index (χ0n) is 15.4. The van der Waals surface area contributed by atoms with E-state index in [4.69, 9.17) is 4.74 Å². The van der Waals surface area contributed by atoms with Crippen molar-refractivity contribution in [3.63, 3.8) is 0 Å². The lowest BCUT2D eigenvalue weighted by Crippen LogP contribution is -2.26. The molecule has 0 spiro atoms. The lowest BCUT2D eigenvalue weighted by atomic mass is 10.0. The smallest absolute Gasteiger partial charge is 0.254 e.